The van der Waals surface area contributed by atoms with Crippen molar-refractivity contribution in [3.8, 4) is 0 Å². The van der Waals surface area contributed by atoms with E-state index in [0.29, 0.717) is 13.2 Å². The Hall–Kier alpha value is -0.160. The zero-order chi connectivity index (χ0) is 10.2. The Morgan fingerprint density at radius 2 is 2.21 bits per heavy atom. The molecule has 2 saturated heterocycles. The molecule has 14 heavy (non-hydrogen) atoms. The molecule has 1 N–H and O–H groups in total. The van der Waals surface area contributed by atoms with Crippen molar-refractivity contribution < 1.29 is 19.3 Å². The Morgan fingerprint density at radius 1 is 1.43 bits per heavy atom. The molecule has 4 heteroatoms. The van der Waals surface area contributed by atoms with Crippen molar-refractivity contribution in [1.29, 1.82) is 0 Å². The highest BCUT2D eigenvalue weighted by Crippen LogP contribution is 2.32. The first-order chi connectivity index (χ1) is 6.64. The topological polar surface area (TPSA) is 47.9 Å². The summed E-state index contributed by atoms with van der Waals surface area (Å²) < 4.78 is 16.7. The van der Waals surface area contributed by atoms with E-state index in [9.17, 15) is 5.11 Å². The van der Waals surface area contributed by atoms with Crippen LogP contribution in [0.4, 0.5) is 0 Å². The van der Waals surface area contributed by atoms with Gasteiger partial charge in [0.15, 0.2) is 5.79 Å². The van der Waals surface area contributed by atoms with Crippen LogP contribution in [-0.4, -0.2) is 42.4 Å². The summed E-state index contributed by atoms with van der Waals surface area (Å²) in [6, 6.07) is 0. The maximum atomic E-state index is 9.62. The lowest BCUT2D eigenvalue weighted by atomic mass is 10.1. The summed E-state index contributed by atoms with van der Waals surface area (Å²) in [5.74, 6) is -0.537. The van der Waals surface area contributed by atoms with Crippen LogP contribution in [0.15, 0.2) is 0 Å². The minimum atomic E-state index is -0.537. The Kier molecular flexibility index (Phi) is 2.79. The highest BCUT2D eigenvalue weighted by molar-refractivity contribution is 4.89. The average Bonchev–Trinajstić information content (AvgIpc) is 2.48. The van der Waals surface area contributed by atoms with Crippen molar-refractivity contribution in [2.24, 2.45) is 0 Å². The lowest BCUT2D eigenvalue weighted by Crippen LogP contribution is -2.51. The van der Waals surface area contributed by atoms with E-state index in [4.69, 9.17) is 14.2 Å². The Morgan fingerprint density at radius 3 is 2.93 bits per heavy atom. The second-order valence-corrected chi connectivity index (χ2v) is 4.22. The van der Waals surface area contributed by atoms with Gasteiger partial charge in [-0.2, -0.15) is 0 Å². The fourth-order valence-corrected chi connectivity index (χ4v) is 2.12. The summed E-state index contributed by atoms with van der Waals surface area (Å²) in [6.07, 6.45) is 1.06. The summed E-state index contributed by atoms with van der Waals surface area (Å²) in [4.78, 5) is 0. The van der Waals surface area contributed by atoms with Crippen LogP contribution in [0.5, 0.6) is 0 Å². The van der Waals surface area contributed by atoms with Crippen LogP contribution in [0, 0.1) is 0 Å². The van der Waals surface area contributed by atoms with Gasteiger partial charge in [-0.1, -0.05) is 13.3 Å². The molecule has 0 bridgehead atoms. The predicted molar refractivity (Wildman–Crippen MR) is 49.9 cm³/mol. The Balaban J connectivity index is 2.01. The van der Waals surface area contributed by atoms with Gasteiger partial charge in [-0.05, 0) is 6.92 Å². The van der Waals surface area contributed by atoms with E-state index in [1.54, 1.807) is 0 Å². The zero-order valence-corrected chi connectivity index (χ0v) is 8.73. The van der Waals surface area contributed by atoms with Gasteiger partial charge < -0.3 is 19.3 Å². The second kappa shape index (κ2) is 3.77. The standard InChI is InChI=1S/C10H18O4/c1-3-4-10(2)13-6-8-9(14-10)7(11)5-12-8/h7-9,11H,3-6H2,1-2H3/t7-,8+,9+,10+/m1/s1. The third-order valence-electron chi connectivity index (χ3n) is 2.87. The van der Waals surface area contributed by atoms with Crippen LogP contribution in [-0.2, 0) is 14.2 Å². The van der Waals surface area contributed by atoms with Gasteiger partial charge in [0.1, 0.15) is 18.3 Å². The molecule has 4 nitrogen and oxygen atoms in total. The lowest BCUT2D eigenvalue weighted by molar-refractivity contribution is -0.311. The number of ether oxygens (including phenoxy) is 3. The summed E-state index contributed by atoms with van der Waals surface area (Å²) in [5, 5.41) is 9.62. The van der Waals surface area contributed by atoms with Crippen molar-refractivity contribution in [2.75, 3.05) is 13.2 Å². The van der Waals surface area contributed by atoms with Crippen molar-refractivity contribution in [3.63, 3.8) is 0 Å². The minimum absolute atomic E-state index is 0.0880. The van der Waals surface area contributed by atoms with Gasteiger partial charge in [0, 0.05) is 6.42 Å². The molecule has 0 amide bonds. The summed E-state index contributed by atoms with van der Waals surface area (Å²) in [6.45, 7) is 4.91. The maximum absolute atomic E-state index is 9.62. The van der Waals surface area contributed by atoms with Gasteiger partial charge in [-0.25, -0.2) is 0 Å². The molecule has 82 valence electrons. The fourth-order valence-electron chi connectivity index (χ4n) is 2.12. The van der Waals surface area contributed by atoms with Crippen LogP contribution in [0.2, 0.25) is 0 Å². The van der Waals surface area contributed by atoms with E-state index in [-0.39, 0.29) is 12.2 Å². The van der Waals surface area contributed by atoms with E-state index in [1.807, 2.05) is 6.92 Å². The van der Waals surface area contributed by atoms with Crippen LogP contribution < -0.4 is 0 Å². The first-order valence-electron chi connectivity index (χ1n) is 5.26. The molecule has 0 aromatic heterocycles. The van der Waals surface area contributed by atoms with Crippen LogP contribution >= 0.6 is 0 Å². The molecule has 0 spiro atoms. The molecule has 2 aliphatic heterocycles. The van der Waals surface area contributed by atoms with Crippen LogP contribution in [0.1, 0.15) is 26.7 Å². The summed E-state index contributed by atoms with van der Waals surface area (Å²) in [5.41, 5.74) is 0. The largest absolute Gasteiger partial charge is 0.388 e. The van der Waals surface area contributed by atoms with Crippen molar-refractivity contribution in [2.45, 2.75) is 50.8 Å². The molecule has 0 aliphatic carbocycles. The van der Waals surface area contributed by atoms with Crippen molar-refractivity contribution >= 4 is 0 Å². The molecule has 0 saturated carbocycles. The van der Waals surface area contributed by atoms with E-state index in [2.05, 4.69) is 6.92 Å². The fraction of sp³-hybridized carbons (Fsp3) is 1.00. The number of hydrogen-bond acceptors (Lipinski definition) is 4. The number of rotatable bonds is 2. The molecule has 2 aliphatic rings. The molecule has 0 aromatic carbocycles. The molecular weight excluding hydrogens is 184 g/mol. The van der Waals surface area contributed by atoms with Crippen LogP contribution in [0.3, 0.4) is 0 Å². The van der Waals surface area contributed by atoms with Gasteiger partial charge in [0.25, 0.3) is 0 Å². The molecule has 0 radical (unpaired) electrons. The molecule has 0 unspecified atom stereocenters. The molecule has 2 rings (SSSR count). The summed E-state index contributed by atoms with van der Waals surface area (Å²) in [7, 11) is 0. The molecule has 2 heterocycles. The number of aliphatic hydroxyl groups excluding tert-OH is 1. The first-order valence-corrected chi connectivity index (χ1v) is 5.26. The smallest absolute Gasteiger partial charge is 0.166 e. The first kappa shape index (κ1) is 10.4. The van der Waals surface area contributed by atoms with Gasteiger partial charge in [-0.15, -0.1) is 0 Å². The van der Waals surface area contributed by atoms with Gasteiger partial charge in [0.05, 0.1) is 13.2 Å². The average molecular weight is 202 g/mol. The SMILES string of the molecule is CCC[C@@]1(C)OC[C@@H]2OC[C@@H](O)[C@@H]2O1. The highest BCUT2D eigenvalue weighted by Gasteiger charge is 2.46. The van der Waals surface area contributed by atoms with E-state index in [0.717, 1.165) is 12.8 Å². The van der Waals surface area contributed by atoms with E-state index >= 15 is 0 Å². The maximum Gasteiger partial charge on any atom is 0.166 e. The third kappa shape index (κ3) is 1.80. The Labute approximate surface area is 84.1 Å². The number of fused-ring (bicyclic) bond motifs is 1. The molecular formula is C10H18O4. The highest BCUT2D eigenvalue weighted by atomic mass is 16.7. The van der Waals surface area contributed by atoms with Crippen LogP contribution in [0.25, 0.3) is 0 Å². The van der Waals surface area contributed by atoms with Gasteiger partial charge in [-0.3, -0.25) is 0 Å². The monoisotopic (exact) mass is 202 g/mol. The molecule has 0 aromatic rings. The molecule has 2 fully saturated rings. The van der Waals surface area contributed by atoms with Crippen molar-refractivity contribution in [3.05, 3.63) is 0 Å². The second-order valence-electron chi connectivity index (χ2n) is 4.22. The summed E-state index contributed by atoms with van der Waals surface area (Å²) >= 11 is 0. The molecule has 4 atom stereocenters. The zero-order valence-electron chi connectivity index (χ0n) is 8.73. The van der Waals surface area contributed by atoms with E-state index < -0.39 is 11.9 Å². The Bertz CT molecular complexity index is 208. The minimum Gasteiger partial charge on any atom is -0.388 e. The number of aliphatic hydroxyl groups is 1. The lowest BCUT2D eigenvalue weighted by Gasteiger charge is -2.40. The number of hydrogen-bond donors (Lipinski definition) is 1. The van der Waals surface area contributed by atoms with E-state index in [1.165, 1.54) is 0 Å². The quantitative estimate of drug-likeness (QED) is 0.715. The third-order valence-corrected chi connectivity index (χ3v) is 2.87. The van der Waals surface area contributed by atoms with Gasteiger partial charge >= 0.3 is 0 Å². The van der Waals surface area contributed by atoms with Gasteiger partial charge in [0.2, 0.25) is 0 Å². The predicted octanol–water partition coefficient (Wildman–Crippen LogP) is 0.678. The van der Waals surface area contributed by atoms with Crippen molar-refractivity contribution in [1.82, 2.24) is 0 Å². The normalized spacial score (nSPS) is 47.8.